The lowest BCUT2D eigenvalue weighted by molar-refractivity contribution is 1.10. The minimum atomic E-state index is 0.805. The number of hydrogen-bond donors (Lipinski definition) is 1. The standard InChI is InChI=1S/C17H19N3S/c1-5-14-9-15-16(18-12(4)19-17(15)21-14)20-13-7-10(2)6-11(3)8-13/h6-9H,5H2,1-4H3,(H,18,19,20). The van der Waals surface area contributed by atoms with Gasteiger partial charge in [0.25, 0.3) is 0 Å². The first-order valence-corrected chi connectivity index (χ1v) is 7.99. The third-order valence-electron chi connectivity index (χ3n) is 3.39. The summed E-state index contributed by atoms with van der Waals surface area (Å²) in [6.07, 6.45) is 1.03. The maximum Gasteiger partial charge on any atom is 0.142 e. The van der Waals surface area contributed by atoms with Crippen LogP contribution in [0, 0.1) is 20.8 Å². The maximum absolute atomic E-state index is 4.59. The zero-order valence-corrected chi connectivity index (χ0v) is 13.6. The molecule has 0 unspecified atom stereocenters. The highest BCUT2D eigenvalue weighted by atomic mass is 32.1. The highest BCUT2D eigenvalue weighted by molar-refractivity contribution is 7.18. The Bertz CT molecular complexity index is 785. The summed E-state index contributed by atoms with van der Waals surface area (Å²) in [4.78, 5) is 11.5. The number of nitrogens with zero attached hydrogens (tertiary/aromatic N) is 2. The van der Waals surface area contributed by atoms with Crippen LogP contribution in [0.25, 0.3) is 10.2 Å². The van der Waals surface area contributed by atoms with Crippen LogP contribution in [0.15, 0.2) is 24.3 Å². The van der Waals surface area contributed by atoms with Crippen molar-refractivity contribution in [3.05, 3.63) is 46.1 Å². The lowest BCUT2D eigenvalue weighted by atomic mass is 10.1. The van der Waals surface area contributed by atoms with E-state index in [2.05, 4.69) is 60.3 Å². The molecule has 0 amide bonds. The Morgan fingerprint density at radius 2 is 1.71 bits per heavy atom. The van der Waals surface area contributed by atoms with E-state index in [1.807, 2.05) is 6.92 Å². The average molecular weight is 297 g/mol. The molecule has 2 aromatic heterocycles. The monoisotopic (exact) mass is 297 g/mol. The molecule has 0 saturated carbocycles. The normalized spacial score (nSPS) is 11.0. The molecule has 0 aliphatic rings. The van der Waals surface area contributed by atoms with Crippen LogP contribution in [0.4, 0.5) is 11.5 Å². The Morgan fingerprint density at radius 1 is 1.00 bits per heavy atom. The van der Waals surface area contributed by atoms with Gasteiger partial charge >= 0.3 is 0 Å². The number of aryl methyl sites for hydroxylation is 4. The van der Waals surface area contributed by atoms with Gasteiger partial charge in [-0.2, -0.15) is 0 Å². The fraction of sp³-hybridized carbons (Fsp3) is 0.294. The molecule has 0 atom stereocenters. The van der Waals surface area contributed by atoms with Gasteiger partial charge in [-0.05, 0) is 56.5 Å². The Labute approximate surface area is 129 Å². The van der Waals surface area contributed by atoms with E-state index in [0.29, 0.717) is 0 Å². The van der Waals surface area contributed by atoms with Crippen molar-refractivity contribution in [3.63, 3.8) is 0 Å². The fourth-order valence-electron chi connectivity index (χ4n) is 2.53. The molecule has 3 nitrogen and oxygen atoms in total. The molecule has 4 heteroatoms. The summed E-state index contributed by atoms with van der Waals surface area (Å²) in [5, 5.41) is 4.57. The number of fused-ring (bicyclic) bond motifs is 1. The van der Waals surface area contributed by atoms with Gasteiger partial charge in [0.05, 0.1) is 5.39 Å². The van der Waals surface area contributed by atoms with Gasteiger partial charge in [-0.25, -0.2) is 9.97 Å². The Morgan fingerprint density at radius 3 is 2.38 bits per heavy atom. The van der Waals surface area contributed by atoms with Gasteiger partial charge in [0.15, 0.2) is 0 Å². The smallest absolute Gasteiger partial charge is 0.142 e. The summed E-state index contributed by atoms with van der Waals surface area (Å²) >= 11 is 1.75. The Kier molecular flexibility index (Phi) is 3.64. The molecule has 0 saturated heterocycles. The van der Waals surface area contributed by atoms with Gasteiger partial charge in [-0.3, -0.25) is 0 Å². The van der Waals surface area contributed by atoms with E-state index in [0.717, 1.165) is 34.0 Å². The lowest BCUT2D eigenvalue weighted by Gasteiger charge is -2.09. The number of hydrogen-bond acceptors (Lipinski definition) is 4. The van der Waals surface area contributed by atoms with Gasteiger partial charge in [0, 0.05) is 10.6 Å². The van der Waals surface area contributed by atoms with E-state index in [1.54, 1.807) is 11.3 Å². The topological polar surface area (TPSA) is 37.8 Å². The summed E-state index contributed by atoms with van der Waals surface area (Å²) < 4.78 is 0. The van der Waals surface area contributed by atoms with Gasteiger partial charge in [-0.15, -0.1) is 11.3 Å². The van der Waals surface area contributed by atoms with Crippen LogP contribution in [0.2, 0.25) is 0 Å². The van der Waals surface area contributed by atoms with E-state index in [1.165, 1.54) is 16.0 Å². The molecule has 0 radical (unpaired) electrons. The molecule has 108 valence electrons. The van der Waals surface area contributed by atoms with Crippen LogP contribution in [0.3, 0.4) is 0 Å². The molecule has 2 heterocycles. The number of aromatic nitrogens is 2. The van der Waals surface area contributed by atoms with E-state index >= 15 is 0 Å². The molecular formula is C17H19N3S. The van der Waals surface area contributed by atoms with Gasteiger partial charge < -0.3 is 5.32 Å². The zero-order chi connectivity index (χ0) is 15.0. The minimum absolute atomic E-state index is 0.805. The van der Waals surface area contributed by atoms with E-state index in [4.69, 9.17) is 0 Å². The predicted molar refractivity (Wildman–Crippen MR) is 90.7 cm³/mol. The van der Waals surface area contributed by atoms with Crippen LogP contribution in [0.5, 0.6) is 0 Å². The largest absolute Gasteiger partial charge is 0.340 e. The van der Waals surface area contributed by atoms with E-state index < -0.39 is 0 Å². The number of benzene rings is 1. The van der Waals surface area contributed by atoms with Crippen molar-refractivity contribution in [2.24, 2.45) is 0 Å². The average Bonchev–Trinajstić information content (AvgIpc) is 2.80. The fourth-order valence-corrected chi connectivity index (χ4v) is 3.54. The van der Waals surface area contributed by atoms with Crippen molar-refractivity contribution in [3.8, 4) is 0 Å². The van der Waals surface area contributed by atoms with E-state index in [9.17, 15) is 0 Å². The molecule has 0 bridgehead atoms. The molecule has 0 aliphatic heterocycles. The van der Waals surface area contributed by atoms with Crippen LogP contribution < -0.4 is 5.32 Å². The Balaban J connectivity index is 2.08. The summed E-state index contributed by atoms with van der Waals surface area (Å²) in [6, 6.07) is 8.66. The summed E-state index contributed by atoms with van der Waals surface area (Å²) in [5.41, 5.74) is 3.58. The summed E-state index contributed by atoms with van der Waals surface area (Å²) in [6.45, 7) is 8.33. The second-order valence-corrected chi connectivity index (χ2v) is 6.52. The molecule has 21 heavy (non-hydrogen) atoms. The number of anilines is 2. The van der Waals surface area contributed by atoms with E-state index in [-0.39, 0.29) is 0 Å². The Hall–Kier alpha value is -1.94. The first kappa shape index (κ1) is 14.0. The SMILES string of the molecule is CCc1cc2c(Nc3cc(C)cc(C)c3)nc(C)nc2s1. The van der Waals surface area contributed by atoms with Crippen molar-refractivity contribution in [1.29, 1.82) is 0 Å². The molecule has 0 spiro atoms. The van der Waals surface area contributed by atoms with Crippen LogP contribution >= 0.6 is 11.3 Å². The van der Waals surface area contributed by atoms with Crippen molar-refractivity contribution >= 4 is 33.1 Å². The first-order valence-electron chi connectivity index (χ1n) is 7.17. The second-order valence-electron chi connectivity index (χ2n) is 5.41. The molecule has 1 aromatic carbocycles. The minimum Gasteiger partial charge on any atom is -0.340 e. The molecule has 3 rings (SSSR count). The predicted octanol–water partition coefficient (Wildman–Crippen LogP) is 4.92. The van der Waals surface area contributed by atoms with Crippen molar-refractivity contribution < 1.29 is 0 Å². The third kappa shape index (κ3) is 2.90. The second kappa shape index (κ2) is 5.45. The molecular weight excluding hydrogens is 278 g/mol. The third-order valence-corrected chi connectivity index (χ3v) is 4.56. The highest BCUT2D eigenvalue weighted by Crippen LogP contribution is 2.31. The van der Waals surface area contributed by atoms with Gasteiger partial charge in [-0.1, -0.05) is 13.0 Å². The van der Waals surface area contributed by atoms with Crippen LogP contribution in [-0.4, -0.2) is 9.97 Å². The maximum atomic E-state index is 4.59. The summed E-state index contributed by atoms with van der Waals surface area (Å²) in [7, 11) is 0. The number of rotatable bonds is 3. The highest BCUT2D eigenvalue weighted by Gasteiger charge is 2.10. The first-order chi connectivity index (χ1) is 10.0. The number of thiophene rings is 1. The van der Waals surface area contributed by atoms with Gasteiger partial charge in [0.1, 0.15) is 16.5 Å². The quantitative estimate of drug-likeness (QED) is 0.745. The van der Waals surface area contributed by atoms with Crippen molar-refractivity contribution in [2.75, 3.05) is 5.32 Å². The van der Waals surface area contributed by atoms with Crippen LogP contribution in [0.1, 0.15) is 28.8 Å². The lowest BCUT2D eigenvalue weighted by Crippen LogP contribution is -1.98. The molecule has 0 fully saturated rings. The molecule has 3 aromatic rings. The zero-order valence-electron chi connectivity index (χ0n) is 12.8. The molecule has 0 aliphatic carbocycles. The van der Waals surface area contributed by atoms with Crippen molar-refractivity contribution in [2.45, 2.75) is 34.1 Å². The van der Waals surface area contributed by atoms with Crippen LogP contribution in [-0.2, 0) is 6.42 Å². The van der Waals surface area contributed by atoms with Crippen molar-refractivity contribution in [1.82, 2.24) is 9.97 Å². The summed E-state index contributed by atoms with van der Waals surface area (Å²) in [5.74, 6) is 1.71. The van der Waals surface area contributed by atoms with Gasteiger partial charge in [0.2, 0.25) is 0 Å². The molecule has 1 N–H and O–H groups in total. The number of nitrogens with one attached hydrogen (secondary N) is 1.